The first kappa shape index (κ1) is 36.8. The number of rotatable bonds is 15. The first-order chi connectivity index (χ1) is 24.9. The molecule has 0 aliphatic rings. The second-order valence-electron chi connectivity index (χ2n) is 12.2. The van der Waals surface area contributed by atoms with Crippen LogP contribution in [0, 0.1) is 0 Å². The number of nitrogens with one attached hydrogen (secondary N) is 1. The zero-order valence-corrected chi connectivity index (χ0v) is 30.2. The zero-order chi connectivity index (χ0) is 36.9. The van der Waals surface area contributed by atoms with E-state index < -0.39 is 26.0 Å². The number of primary sulfonamides is 1. The quantitative estimate of drug-likeness (QED) is 0.107. The Morgan fingerprint density at radius 3 is 2.00 bits per heavy atom. The summed E-state index contributed by atoms with van der Waals surface area (Å²) in [6.07, 6.45) is 0.758. The van der Waals surface area contributed by atoms with Crippen LogP contribution in [0.3, 0.4) is 0 Å². The molecule has 10 nitrogen and oxygen atoms in total. The van der Waals surface area contributed by atoms with Gasteiger partial charge in [0.25, 0.3) is 0 Å². The van der Waals surface area contributed by atoms with E-state index in [9.17, 15) is 26.7 Å². The average molecular weight is 758 g/mol. The molecule has 5 aromatic carbocycles. The maximum absolute atomic E-state index is 13.3. The smallest absolute Gasteiger partial charge is 0.335 e. The van der Waals surface area contributed by atoms with Crippen molar-refractivity contribution in [2.75, 3.05) is 13.2 Å². The van der Waals surface area contributed by atoms with E-state index in [4.69, 9.17) is 21.5 Å². The molecule has 0 radical (unpaired) electrons. The Hall–Kier alpha value is -4.98. The Balaban J connectivity index is 1.37. The Morgan fingerprint density at radius 1 is 0.808 bits per heavy atom. The van der Waals surface area contributed by atoms with Crippen LogP contribution in [-0.2, 0) is 38.6 Å². The lowest BCUT2D eigenvalue weighted by atomic mass is 9.97. The van der Waals surface area contributed by atoms with Gasteiger partial charge < -0.3 is 14.4 Å². The fourth-order valence-corrected chi connectivity index (χ4v) is 8.18. The molecule has 0 aliphatic heterocycles. The number of fused-ring (bicyclic) bond motifs is 1. The first-order valence-corrected chi connectivity index (χ1v) is 19.9. The van der Waals surface area contributed by atoms with Crippen molar-refractivity contribution < 1.29 is 31.5 Å². The van der Waals surface area contributed by atoms with Crippen LogP contribution in [0.5, 0.6) is 5.75 Å². The van der Waals surface area contributed by atoms with Crippen molar-refractivity contribution in [2.45, 2.75) is 29.5 Å². The molecule has 0 aliphatic carbocycles. The fourth-order valence-electron chi connectivity index (χ4n) is 6.35. The number of hydrogen-bond acceptors (Lipinski definition) is 6. The highest BCUT2D eigenvalue weighted by atomic mass is 35.5. The third-order valence-corrected chi connectivity index (χ3v) is 11.2. The summed E-state index contributed by atoms with van der Waals surface area (Å²) in [7, 11) is -7.74. The van der Waals surface area contributed by atoms with E-state index in [1.807, 2.05) is 54.6 Å². The molecule has 4 N–H and O–H groups in total. The van der Waals surface area contributed by atoms with Gasteiger partial charge in [-0.2, -0.15) is 0 Å². The summed E-state index contributed by atoms with van der Waals surface area (Å²) < 4.78 is 61.0. The van der Waals surface area contributed by atoms with Crippen LogP contribution in [0.1, 0.15) is 44.3 Å². The monoisotopic (exact) mass is 757 g/mol. The largest absolute Gasteiger partial charge is 0.493 e. The molecule has 1 heterocycles. The highest BCUT2D eigenvalue weighted by Gasteiger charge is 2.26. The van der Waals surface area contributed by atoms with Gasteiger partial charge in [0.15, 0.2) is 0 Å². The molecular formula is C39H36ClN3O7S2. The molecular weight excluding hydrogens is 722 g/mol. The minimum Gasteiger partial charge on any atom is -0.493 e. The standard InChI is InChI=1S/C39H36ClN3O7S2/c40-31-15-20-36-35(25-31)34(22-24-50-32-16-13-30(14-17-32)39(44)45)37(43(36)38(28-7-3-1-4-8-28)29-9-5-2-6-10-29)21-23-42-51(46,47)26-27-11-18-33(19-12-27)52(41,48)49/h1-20,25,38,42H,21-24,26H2,(H,44,45)(H2,41,48,49). The Kier molecular flexibility index (Phi) is 11.1. The number of sulfonamides is 2. The maximum Gasteiger partial charge on any atom is 0.335 e. The van der Waals surface area contributed by atoms with Crippen LogP contribution >= 0.6 is 11.6 Å². The van der Waals surface area contributed by atoms with Crippen molar-refractivity contribution in [3.8, 4) is 5.75 Å². The van der Waals surface area contributed by atoms with Crippen molar-refractivity contribution in [3.05, 3.63) is 166 Å². The summed E-state index contributed by atoms with van der Waals surface area (Å²) in [5, 5.41) is 15.9. The van der Waals surface area contributed by atoms with Crippen LogP contribution in [-0.4, -0.2) is 45.6 Å². The first-order valence-electron chi connectivity index (χ1n) is 16.4. The van der Waals surface area contributed by atoms with Crippen molar-refractivity contribution >= 4 is 48.5 Å². The lowest BCUT2D eigenvalue weighted by Gasteiger charge is -2.25. The normalized spacial score (nSPS) is 12.0. The molecule has 0 fully saturated rings. The highest BCUT2D eigenvalue weighted by molar-refractivity contribution is 7.89. The molecule has 6 aromatic rings. The summed E-state index contributed by atoms with van der Waals surface area (Å²) in [5.41, 5.74) is 5.37. The minimum atomic E-state index is -3.91. The van der Waals surface area contributed by atoms with Gasteiger partial charge in [-0.3, -0.25) is 0 Å². The van der Waals surface area contributed by atoms with Gasteiger partial charge in [-0.1, -0.05) is 84.4 Å². The van der Waals surface area contributed by atoms with E-state index in [0.717, 1.165) is 33.3 Å². The number of aromatic carboxylic acids is 1. The average Bonchev–Trinajstić information content (AvgIpc) is 3.40. The number of nitrogens with zero attached hydrogens (tertiary/aromatic N) is 1. The molecule has 6 rings (SSSR count). The van der Waals surface area contributed by atoms with Gasteiger partial charge >= 0.3 is 5.97 Å². The van der Waals surface area contributed by atoms with Crippen LogP contribution in [0.4, 0.5) is 0 Å². The third kappa shape index (κ3) is 8.72. The molecule has 268 valence electrons. The predicted molar refractivity (Wildman–Crippen MR) is 202 cm³/mol. The molecule has 52 heavy (non-hydrogen) atoms. The van der Waals surface area contributed by atoms with Gasteiger partial charge in [-0.15, -0.1) is 0 Å². The molecule has 0 saturated carbocycles. The van der Waals surface area contributed by atoms with E-state index in [1.54, 1.807) is 12.1 Å². The molecule has 0 unspecified atom stereocenters. The number of nitrogens with two attached hydrogens (primary N) is 1. The Morgan fingerprint density at radius 2 is 1.42 bits per heavy atom. The van der Waals surface area contributed by atoms with Crippen molar-refractivity contribution in [1.82, 2.24) is 9.29 Å². The molecule has 0 spiro atoms. The number of benzene rings is 5. The number of halogens is 1. The number of hydrogen-bond donors (Lipinski definition) is 3. The fraction of sp³-hybridized carbons (Fsp3) is 0.154. The molecule has 0 atom stereocenters. The second-order valence-corrected chi connectivity index (χ2v) is 16.0. The number of carbonyl (C=O) groups is 1. The summed E-state index contributed by atoms with van der Waals surface area (Å²) in [6.45, 7) is 0.328. The van der Waals surface area contributed by atoms with Crippen molar-refractivity contribution in [1.29, 1.82) is 0 Å². The molecule has 0 bridgehead atoms. The highest BCUT2D eigenvalue weighted by Crippen LogP contribution is 2.38. The van der Waals surface area contributed by atoms with Crippen LogP contribution in [0.2, 0.25) is 5.02 Å². The number of ether oxygens (including phenoxy) is 1. The van der Waals surface area contributed by atoms with Gasteiger partial charge in [-0.05, 0) is 76.9 Å². The van der Waals surface area contributed by atoms with Gasteiger partial charge in [0, 0.05) is 41.0 Å². The van der Waals surface area contributed by atoms with E-state index in [2.05, 4.69) is 33.6 Å². The Labute approximate surface area is 307 Å². The number of carboxylic acids is 1. The lowest BCUT2D eigenvalue weighted by Crippen LogP contribution is -2.28. The molecule has 13 heteroatoms. The van der Waals surface area contributed by atoms with E-state index in [-0.39, 0.29) is 35.4 Å². The molecule has 0 amide bonds. The summed E-state index contributed by atoms with van der Waals surface area (Å²) in [4.78, 5) is 11.2. The van der Waals surface area contributed by atoms with Gasteiger partial charge in [0.05, 0.1) is 28.9 Å². The zero-order valence-electron chi connectivity index (χ0n) is 27.9. The van der Waals surface area contributed by atoms with E-state index in [0.29, 0.717) is 29.2 Å². The van der Waals surface area contributed by atoms with Gasteiger partial charge in [0.2, 0.25) is 20.0 Å². The van der Waals surface area contributed by atoms with Crippen LogP contribution in [0.15, 0.2) is 132 Å². The van der Waals surface area contributed by atoms with E-state index in [1.165, 1.54) is 36.4 Å². The third-order valence-electron chi connectivity index (χ3n) is 8.69. The van der Waals surface area contributed by atoms with Crippen LogP contribution < -0.4 is 14.6 Å². The Bertz CT molecular complexity index is 2360. The predicted octanol–water partition coefficient (Wildman–Crippen LogP) is 6.56. The van der Waals surface area contributed by atoms with Crippen molar-refractivity contribution in [3.63, 3.8) is 0 Å². The second kappa shape index (κ2) is 15.7. The summed E-state index contributed by atoms with van der Waals surface area (Å²) >= 11 is 6.59. The lowest BCUT2D eigenvalue weighted by molar-refractivity contribution is 0.0696. The topological polar surface area (TPSA) is 158 Å². The minimum absolute atomic E-state index is 0.0719. The van der Waals surface area contributed by atoms with E-state index >= 15 is 0 Å². The summed E-state index contributed by atoms with van der Waals surface area (Å²) in [5.74, 6) is -0.860. The van der Waals surface area contributed by atoms with Gasteiger partial charge in [0.1, 0.15) is 5.75 Å². The number of carboxylic acid groups (broad SMARTS) is 1. The SMILES string of the molecule is NS(=O)(=O)c1ccc(CS(=O)(=O)NCCc2c(CCOc3ccc(C(=O)O)cc3)c3cc(Cl)ccc3n2C(c2ccccc2)c2ccccc2)cc1. The maximum atomic E-state index is 13.3. The number of aromatic nitrogens is 1. The summed E-state index contributed by atoms with van der Waals surface area (Å²) in [6, 6.07) is 37.2. The van der Waals surface area contributed by atoms with Gasteiger partial charge in [-0.25, -0.2) is 31.5 Å². The van der Waals surface area contributed by atoms with Crippen molar-refractivity contribution in [2.24, 2.45) is 5.14 Å². The molecule has 0 saturated heterocycles. The van der Waals surface area contributed by atoms with Crippen LogP contribution in [0.25, 0.3) is 10.9 Å². The molecule has 1 aromatic heterocycles.